The molecule has 0 aliphatic heterocycles. The van der Waals surface area contributed by atoms with Crippen LogP contribution in [0.5, 0.6) is 11.5 Å². The van der Waals surface area contributed by atoms with Crippen LogP contribution in [-0.2, 0) is 4.79 Å². The first-order valence-electron chi connectivity index (χ1n) is 9.09. The molecule has 0 saturated heterocycles. The molecule has 3 aromatic rings. The van der Waals surface area contributed by atoms with Crippen LogP contribution in [0.4, 0.5) is 11.4 Å². The molecule has 0 fully saturated rings. The second kappa shape index (κ2) is 9.41. The van der Waals surface area contributed by atoms with E-state index >= 15 is 0 Å². The zero-order chi connectivity index (χ0) is 20.6. The third-order valence-corrected chi connectivity index (χ3v) is 4.12. The summed E-state index contributed by atoms with van der Waals surface area (Å²) >= 11 is 0. The molecule has 148 valence electrons. The second-order valence-corrected chi connectivity index (χ2v) is 6.39. The molecule has 2 amide bonds. The molecule has 0 spiro atoms. The van der Waals surface area contributed by atoms with E-state index in [-0.39, 0.29) is 18.4 Å². The number of anilines is 2. The van der Waals surface area contributed by atoms with Crippen LogP contribution in [-0.4, -0.2) is 25.5 Å². The van der Waals surface area contributed by atoms with Crippen molar-refractivity contribution in [1.29, 1.82) is 0 Å². The SMILES string of the molecule is COc1cc(C)ccc1OCC(=O)Nc1cccc(NC(=O)c2ccccc2)c1. The van der Waals surface area contributed by atoms with E-state index < -0.39 is 0 Å². The van der Waals surface area contributed by atoms with E-state index in [4.69, 9.17) is 9.47 Å². The summed E-state index contributed by atoms with van der Waals surface area (Å²) in [5.41, 5.74) is 2.73. The van der Waals surface area contributed by atoms with Crippen LogP contribution in [0, 0.1) is 6.92 Å². The summed E-state index contributed by atoms with van der Waals surface area (Å²) in [6, 6.07) is 21.3. The Morgan fingerprint density at radius 3 is 2.28 bits per heavy atom. The van der Waals surface area contributed by atoms with Crippen molar-refractivity contribution in [2.24, 2.45) is 0 Å². The summed E-state index contributed by atoms with van der Waals surface area (Å²) in [7, 11) is 1.55. The lowest BCUT2D eigenvalue weighted by Crippen LogP contribution is -2.20. The van der Waals surface area contributed by atoms with Gasteiger partial charge < -0.3 is 20.1 Å². The fourth-order valence-corrected chi connectivity index (χ4v) is 2.70. The maximum absolute atomic E-state index is 12.3. The smallest absolute Gasteiger partial charge is 0.262 e. The maximum Gasteiger partial charge on any atom is 0.262 e. The van der Waals surface area contributed by atoms with Gasteiger partial charge in [-0.1, -0.05) is 30.3 Å². The van der Waals surface area contributed by atoms with E-state index in [0.717, 1.165) is 5.56 Å². The van der Waals surface area contributed by atoms with Crippen molar-refractivity contribution in [1.82, 2.24) is 0 Å². The van der Waals surface area contributed by atoms with Gasteiger partial charge in [0.2, 0.25) is 0 Å². The molecule has 6 nitrogen and oxygen atoms in total. The van der Waals surface area contributed by atoms with Crippen LogP contribution in [0.25, 0.3) is 0 Å². The second-order valence-electron chi connectivity index (χ2n) is 6.39. The average molecular weight is 390 g/mol. The minimum Gasteiger partial charge on any atom is -0.493 e. The van der Waals surface area contributed by atoms with E-state index in [1.807, 2.05) is 25.1 Å². The highest BCUT2D eigenvalue weighted by molar-refractivity contribution is 6.04. The molecule has 0 unspecified atom stereocenters. The topological polar surface area (TPSA) is 76.7 Å². The Morgan fingerprint density at radius 1 is 0.828 bits per heavy atom. The van der Waals surface area contributed by atoms with Gasteiger partial charge in [-0.25, -0.2) is 0 Å². The Hall–Kier alpha value is -3.80. The van der Waals surface area contributed by atoms with Gasteiger partial charge in [0.05, 0.1) is 7.11 Å². The minimum atomic E-state index is -0.320. The van der Waals surface area contributed by atoms with E-state index in [2.05, 4.69) is 10.6 Å². The predicted octanol–water partition coefficient (Wildman–Crippen LogP) is 4.27. The number of hydrogen-bond acceptors (Lipinski definition) is 4. The molecule has 0 atom stereocenters. The number of rotatable bonds is 7. The molecular formula is C23H22N2O4. The highest BCUT2D eigenvalue weighted by Crippen LogP contribution is 2.27. The molecule has 29 heavy (non-hydrogen) atoms. The Bertz CT molecular complexity index is 1000. The predicted molar refractivity (Wildman–Crippen MR) is 113 cm³/mol. The Kier molecular flexibility index (Phi) is 6.47. The highest BCUT2D eigenvalue weighted by Gasteiger charge is 2.10. The highest BCUT2D eigenvalue weighted by atomic mass is 16.5. The summed E-state index contributed by atoms with van der Waals surface area (Å²) < 4.78 is 10.8. The zero-order valence-corrected chi connectivity index (χ0v) is 16.3. The van der Waals surface area contributed by atoms with Crippen LogP contribution in [0.1, 0.15) is 15.9 Å². The van der Waals surface area contributed by atoms with Gasteiger partial charge in [0, 0.05) is 16.9 Å². The normalized spacial score (nSPS) is 10.1. The van der Waals surface area contributed by atoms with E-state index in [1.165, 1.54) is 0 Å². The molecule has 3 rings (SSSR count). The van der Waals surface area contributed by atoms with Crippen molar-refractivity contribution in [3.05, 3.63) is 83.9 Å². The number of nitrogens with one attached hydrogen (secondary N) is 2. The number of ether oxygens (including phenoxy) is 2. The van der Waals surface area contributed by atoms with E-state index in [0.29, 0.717) is 28.4 Å². The molecule has 0 aliphatic carbocycles. The van der Waals surface area contributed by atoms with E-state index in [9.17, 15) is 9.59 Å². The number of methoxy groups -OCH3 is 1. The first-order chi connectivity index (χ1) is 14.0. The molecular weight excluding hydrogens is 368 g/mol. The van der Waals surface area contributed by atoms with Crippen molar-refractivity contribution >= 4 is 23.2 Å². The number of carbonyl (C=O) groups is 2. The number of aryl methyl sites for hydroxylation is 1. The molecule has 0 aromatic heterocycles. The lowest BCUT2D eigenvalue weighted by Gasteiger charge is -2.12. The number of carbonyl (C=O) groups excluding carboxylic acids is 2. The first-order valence-corrected chi connectivity index (χ1v) is 9.09. The van der Waals surface area contributed by atoms with Gasteiger partial charge >= 0.3 is 0 Å². The fraction of sp³-hybridized carbons (Fsp3) is 0.130. The van der Waals surface area contributed by atoms with Crippen molar-refractivity contribution in [2.45, 2.75) is 6.92 Å². The van der Waals surface area contributed by atoms with Crippen molar-refractivity contribution in [3.8, 4) is 11.5 Å². The van der Waals surface area contributed by atoms with Crippen LogP contribution in [0.15, 0.2) is 72.8 Å². The Morgan fingerprint density at radius 2 is 1.55 bits per heavy atom. The lowest BCUT2D eigenvalue weighted by molar-refractivity contribution is -0.118. The molecule has 3 aromatic carbocycles. The number of benzene rings is 3. The van der Waals surface area contributed by atoms with Gasteiger partial charge in [-0.15, -0.1) is 0 Å². The van der Waals surface area contributed by atoms with Crippen molar-refractivity contribution in [3.63, 3.8) is 0 Å². The van der Waals surface area contributed by atoms with Crippen molar-refractivity contribution < 1.29 is 19.1 Å². The molecule has 0 bridgehead atoms. The maximum atomic E-state index is 12.3. The Balaban J connectivity index is 1.58. The van der Waals surface area contributed by atoms with Crippen LogP contribution in [0.2, 0.25) is 0 Å². The zero-order valence-electron chi connectivity index (χ0n) is 16.3. The summed E-state index contributed by atoms with van der Waals surface area (Å²) in [6.07, 6.45) is 0. The Labute approximate surface area is 169 Å². The third-order valence-electron chi connectivity index (χ3n) is 4.12. The first kappa shape index (κ1) is 19.9. The molecule has 0 heterocycles. The van der Waals surface area contributed by atoms with E-state index in [1.54, 1.807) is 61.7 Å². The number of amides is 2. The molecule has 2 N–H and O–H groups in total. The average Bonchev–Trinajstić information content (AvgIpc) is 2.73. The van der Waals surface area contributed by atoms with Gasteiger partial charge in [-0.3, -0.25) is 9.59 Å². The van der Waals surface area contributed by atoms with Gasteiger partial charge in [0.1, 0.15) is 0 Å². The molecule has 0 radical (unpaired) electrons. The molecule has 6 heteroatoms. The molecule has 0 aliphatic rings. The monoisotopic (exact) mass is 390 g/mol. The fourth-order valence-electron chi connectivity index (χ4n) is 2.70. The van der Waals surface area contributed by atoms with Gasteiger partial charge in [0.25, 0.3) is 11.8 Å². The van der Waals surface area contributed by atoms with Crippen molar-refractivity contribution in [2.75, 3.05) is 24.4 Å². The van der Waals surface area contributed by atoms with Gasteiger partial charge in [-0.05, 0) is 55.0 Å². The van der Waals surface area contributed by atoms with Crippen LogP contribution in [0.3, 0.4) is 0 Å². The molecule has 0 saturated carbocycles. The van der Waals surface area contributed by atoms with Crippen LogP contribution >= 0.6 is 0 Å². The quantitative estimate of drug-likeness (QED) is 0.632. The van der Waals surface area contributed by atoms with Gasteiger partial charge in [0.15, 0.2) is 18.1 Å². The summed E-state index contributed by atoms with van der Waals surface area (Å²) in [5.74, 6) is 0.531. The lowest BCUT2D eigenvalue weighted by atomic mass is 10.2. The largest absolute Gasteiger partial charge is 0.493 e. The van der Waals surface area contributed by atoms with Crippen LogP contribution < -0.4 is 20.1 Å². The minimum absolute atomic E-state index is 0.167. The number of hydrogen-bond donors (Lipinski definition) is 2. The third kappa shape index (κ3) is 5.59. The standard InChI is InChI=1S/C23H22N2O4/c1-16-11-12-20(21(13-16)28-2)29-15-22(26)24-18-9-6-10-19(14-18)25-23(27)17-7-4-3-5-8-17/h3-14H,15H2,1-2H3,(H,24,26)(H,25,27). The summed E-state index contributed by atoms with van der Waals surface area (Å²) in [5, 5.41) is 5.57. The summed E-state index contributed by atoms with van der Waals surface area (Å²) in [6.45, 7) is 1.78. The summed E-state index contributed by atoms with van der Waals surface area (Å²) in [4.78, 5) is 24.5. The van der Waals surface area contributed by atoms with Gasteiger partial charge in [-0.2, -0.15) is 0 Å².